The van der Waals surface area contributed by atoms with E-state index in [1.54, 1.807) is 7.11 Å². The topological polar surface area (TPSA) is 21.3 Å². The molecule has 2 aliphatic rings. The van der Waals surface area contributed by atoms with E-state index in [2.05, 4.69) is 23.5 Å². The third-order valence-electron chi connectivity index (χ3n) is 4.07. The van der Waals surface area contributed by atoms with Gasteiger partial charge in [0, 0.05) is 12.6 Å². The molecule has 1 aromatic rings. The number of fused-ring (bicyclic) bond motifs is 1. The van der Waals surface area contributed by atoms with Gasteiger partial charge in [0.05, 0.1) is 7.11 Å². The van der Waals surface area contributed by atoms with Crippen molar-refractivity contribution >= 4 is 0 Å². The maximum atomic E-state index is 5.27. The fraction of sp³-hybridized carbons (Fsp3) is 0.571. The number of hydrogen-bond donors (Lipinski definition) is 1. The van der Waals surface area contributed by atoms with E-state index in [0.717, 1.165) is 18.2 Å². The van der Waals surface area contributed by atoms with Crippen molar-refractivity contribution in [1.29, 1.82) is 0 Å². The molecule has 1 fully saturated rings. The van der Waals surface area contributed by atoms with Crippen molar-refractivity contribution in [3.63, 3.8) is 0 Å². The monoisotopic (exact) mass is 217 g/mol. The minimum atomic E-state index is 0.600. The summed E-state index contributed by atoms with van der Waals surface area (Å²) in [5.74, 6) is 1.84. The summed E-state index contributed by atoms with van der Waals surface area (Å²) < 4.78 is 5.27. The molecule has 0 radical (unpaired) electrons. The number of hydrogen-bond acceptors (Lipinski definition) is 2. The fourth-order valence-electron chi connectivity index (χ4n) is 3.21. The number of benzene rings is 1. The van der Waals surface area contributed by atoms with Crippen LogP contribution < -0.4 is 10.1 Å². The third-order valence-corrected chi connectivity index (χ3v) is 4.07. The average molecular weight is 217 g/mol. The molecule has 1 heterocycles. The van der Waals surface area contributed by atoms with Gasteiger partial charge in [0.15, 0.2) is 0 Å². The van der Waals surface area contributed by atoms with E-state index in [1.165, 1.54) is 36.8 Å². The van der Waals surface area contributed by atoms with Gasteiger partial charge < -0.3 is 10.1 Å². The zero-order valence-electron chi connectivity index (χ0n) is 9.83. The number of ether oxygens (including phenoxy) is 1. The maximum absolute atomic E-state index is 5.27. The lowest BCUT2D eigenvalue weighted by Crippen LogP contribution is -2.19. The summed E-state index contributed by atoms with van der Waals surface area (Å²) in [5, 5.41) is 3.66. The van der Waals surface area contributed by atoms with Crippen molar-refractivity contribution in [3.8, 4) is 5.75 Å². The van der Waals surface area contributed by atoms with Crippen LogP contribution in [0.5, 0.6) is 5.75 Å². The van der Waals surface area contributed by atoms with Crippen LogP contribution >= 0.6 is 0 Å². The zero-order valence-corrected chi connectivity index (χ0v) is 9.83. The highest BCUT2D eigenvalue weighted by Gasteiger charge is 2.31. The van der Waals surface area contributed by atoms with E-state index in [0.29, 0.717) is 6.04 Å². The predicted octanol–water partition coefficient (Wildman–Crippen LogP) is 3.03. The summed E-state index contributed by atoms with van der Waals surface area (Å²) in [6.07, 6.45) is 5.61. The molecule has 1 aliphatic heterocycles. The Morgan fingerprint density at radius 3 is 2.81 bits per heavy atom. The van der Waals surface area contributed by atoms with Gasteiger partial charge in [-0.25, -0.2) is 0 Å². The molecule has 2 nitrogen and oxygen atoms in total. The molecular formula is C14H19NO. The minimum absolute atomic E-state index is 0.600. The van der Waals surface area contributed by atoms with Gasteiger partial charge in [-0.2, -0.15) is 0 Å². The van der Waals surface area contributed by atoms with Gasteiger partial charge in [-0.3, -0.25) is 0 Å². The van der Waals surface area contributed by atoms with Crippen molar-refractivity contribution in [2.45, 2.75) is 38.3 Å². The first-order chi connectivity index (χ1) is 7.88. The van der Waals surface area contributed by atoms with Crippen LogP contribution in [0.1, 0.15) is 42.9 Å². The summed E-state index contributed by atoms with van der Waals surface area (Å²) >= 11 is 0. The normalized spacial score (nSPS) is 24.7. The maximum Gasteiger partial charge on any atom is 0.119 e. The summed E-state index contributed by atoms with van der Waals surface area (Å²) in [6.45, 7) is 1.01. The molecule has 1 saturated carbocycles. The van der Waals surface area contributed by atoms with Gasteiger partial charge in [0.25, 0.3) is 0 Å². The van der Waals surface area contributed by atoms with E-state index in [9.17, 15) is 0 Å². The Labute approximate surface area is 97.0 Å². The van der Waals surface area contributed by atoms with Crippen LogP contribution in [0.25, 0.3) is 0 Å². The Balaban J connectivity index is 1.87. The molecule has 0 spiro atoms. The SMILES string of the molecule is COc1ccc2c(c1)CNC2C1CCCC1. The largest absolute Gasteiger partial charge is 0.497 e. The molecule has 0 bridgehead atoms. The lowest BCUT2D eigenvalue weighted by atomic mass is 9.92. The molecule has 2 heteroatoms. The van der Waals surface area contributed by atoms with E-state index < -0.39 is 0 Å². The number of nitrogens with one attached hydrogen (secondary N) is 1. The van der Waals surface area contributed by atoms with E-state index in [1.807, 2.05) is 0 Å². The van der Waals surface area contributed by atoms with E-state index in [-0.39, 0.29) is 0 Å². The van der Waals surface area contributed by atoms with Crippen LogP contribution in [0, 0.1) is 5.92 Å². The Morgan fingerprint density at radius 1 is 1.25 bits per heavy atom. The highest BCUT2D eigenvalue weighted by atomic mass is 16.5. The highest BCUT2D eigenvalue weighted by molar-refractivity contribution is 5.40. The standard InChI is InChI=1S/C14H19NO/c1-16-12-6-7-13-11(8-12)9-15-14(13)10-4-2-3-5-10/h6-8,10,14-15H,2-5,9H2,1H3. The second kappa shape index (κ2) is 4.10. The fourth-order valence-corrected chi connectivity index (χ4v) is 3.21. The zero-order chi connectivity index (χ0) is 11.0. The average Bonchev–Trinajstić information content (AvgIpc) is 2.96. The first-order valence-electron chi connectivity index (χ1n) is 6.28. The van der Waals surface area contributed by atoms with Crippen molar-refractivity contribution < 1.29 is 4.74 Å². The Kier molecular flexibility index (Phi) is 2.60. The molecule has 16 heavy (non-hydrogen) atoms. The van der Waals surface area contributed by atoms with Crippen LogP contribution in [-0.4, -0.2) is 7.11 Å². The lowest BCUT2D eigenvalue weighted by Gasteiger charge is -2.19. The lowest BCUT2D eigenvalue weighted by molar-refractivity contribution is 0.390. The van der Waals surface area contributed by atoms with Crippen molar-refractivity contribution in [3.05, 3.63) is 29.3 Å². The second-order valence-corrected chi connectivity index (χ2v) is 4.97. The molecule has 0 saturated heterocycles. The minimum Gasteiger partial charge on any atom is -0.497 e. The molecule has 3 rings (SSSR count). The van der Waals surface area contributed by atoms with Gasteiger partial charge in [-0.1, -0.05) is 18.9 Å². The smallest absolute Gasteiger partial charge is 0.119 e. The van der Waals surface area contributed by atoms with Gasteiger partial charge >= 0.3 is 0 Å². The van der Waals surface area contributed by atoms with Crippen molar-refractivity contribution in [2.24, 2.45) is 5.92 Å². The van der Waals surface area contributed by atoms with Gasteiger partial charge in [-0.15, -0.1) is 0 Å². The van der Waals surface area contributed by atoms with Crippen LogP contribution in [0.3, 0.4) is 0 Å². The van der Waals surface area contributed by atoms with Crippen molar-refractivity contribution in [1.82, 2.24) is 5.32 Å². The van der Waals surface area contributed by atoms with Crippen LogP contribution in [-0.2, 0) is 6.54 Å². The number of rotatable bonds is 2. The van der Waals surface area contributed by atoms with Crippen LogP contribution in [0.15, 0.2) is 18.2 Å². The molecule has 86 valence electrons. The molecule has 0 amide bonds. The van der Waals surface area contributed by atoms with Gasteiger partial charge in [0.2, 0.25) is 0 Å². The molecule has 1 atom stereocenters. The first kappa shape index (κ1) is 10.2. The molecule has 0 aromatic heterocycles. The van der Waals surface area contributed by atoms with E-state index >= 15 is 0 Å². The summed E-state index contributed by atoms with van der Waals surface area (Å²) in [7, 11) is 1.73. The number of methoxy groups -OCH3 is 1. The third kappa shape index (κ3) is 1.61. The van der Waals surface area contributed by atoms with Crippen LogP contribution in [0.4, 0.5) is 0 Å². The molecule has 1 unspecified atom stereocenters. The Bertz CT molecular complexity index is 382. The van der Waals surface area contributed by atoms with Gasteiger partial charge in [-0.05, 0) is 42.0 Å². The van der Waals surface area contributed by atoms with Crippen molar-refractivity contribution in [2.75, 3.05) is 7.11 Å². The summed E-state index contributed by atoms with van der Waals surface area (Å²) in [5.41, 5.74) is 2.93. The summed E-state index contributed by atoms with van der Waals surface area (Å²) in [6, 6.07) is 7.12. The summed E-state index contributed by atoms with van der Waals surface area (Å²) in [4.78, 5) is 0. The Hall–Kier alpha value is -1.02. The van der Waals surface area contributed by atoms with Crippen LogP contribution in [0.2, 0.25) is 0 Å². The molecular weight excluding hydrogens is 198 g/mol. The van der Waals surface area contributed by atoms with Gasteiger partial charge in [0.1, 0.15) is 5.75 Å². The quantitative estimate of drug-likeness (QED) is 0.822. The predicted molar refractivity (Wildman–Crippen MR) is 64.5 cm³/mol. The van der Waals surface area contributed by atoms with E-state index in [4.69, 9.17) is 4.74 Å². The second-order valence-electron chi connectivity index (χ2n) is 4.97. The molecule has 1 aliphatic carbocycles. The molecule has 1 aromatic carbocycles. The highest BCUT2D eigenvalue weighted by Crippen LogP contribution is 2.40. The molecule has 1 N–H and O–H groups in total. The first-order valence-corrected chi connectivity index (χ1v) is 6.28. The Morgan fingerprint density at radius 2 is 2.06 bits per heavy atom.